The number of hydrogen-bond acceptors (Lipinski definition) is 2. The van der Waals surface area contributed by atoms with Gasteiger partial charge in [0.25, 0.3) is 5.91 Å². The van der Waals surface area contributed by atoms with E-state index in [4.69, 9.17) is 4.74 Å². The van der Waals surface area contributed by atoms with Gasteiger partial charge in [-0.05, 0) is 55.0 Å². The van der Waals surface area contributed by atoms with Crippen molar-refractivity contribution in [3.63, 3.8) is 0 Å². The van der Waals surface area contributed by atoms with Gasteiger partial charge >= 0.3 is 0 Å². The van der Waals surface area contributed by atoms with Gasteiger partial charge in [0.05, 0.1) is 0 Å². The molecule has 2 aromatic carbocycles. The molecule has 0 aliphatic heterocycles. The lowest BCUT2D eigenvalue weighted by atomic mass is 9.98. The third-order valence-electron chi connectivity index (χ3n) is 4.11. The van der Waals surface area contributed by atoms with Crippen molar-refractivity contribution in [1.82, 2.24) is 0 Å². The number of ether oxygens (including phenoxy) is 1. The Bertz CT molecular complexity index is 707. The summed E-state index contributed by atoms with van der Waals surface area (Å²) in [5, 5.41) is 3.08. The highest BCUT2D eigenvalue weighted by atomic mass is 16.5. The summed E-state index contributed by atoms with van der Waals surface area (Å²) in [6, 6.07) is 13.9. The van der Waals surface area contributed by atoms with Gasteiger partial charge in [-0.15, -0.1) is 0 Å². The minimum atomic E-state index is -0.508. The van der Waals surface area contributed by atoms with Crippen molar-refractivity contribution >= 4 is 11.6 Å². The maximum atomic E-state index is 12.7. The van der Waals surface area contributed by atoms with E-state index in [1.54, 1.807) is 0 Å². The van der Waals surface area contributed by atoms with Crippen molar-refractivity contribution in [2.24, 2.45) is 0 Å². The van der Waals surface area contributed by atoms with Crippen LogP contribution in [0.5, 0.6) is 5.75 Å². The summed E-state index contributed by atoms with van der Waals surface area (Å²) in [5.41, 5.74) is 4.24. The van der Waals surface area contributed by atoms with Crippen molar-refractivity contribution < 1.29 is 9.53 Å². The molecule has 0 aliphatic carbocycles. The summed E-state index contributed by atoms with van der Waals surface area (Å²) in [5.74, 6) is 0.971. The molecular formula is C21H27NO2. The third kappa shape index (κ3) is 4.38. The second kappa shape index (κ2) is 8.00. The van der Waals surface area contributed by atoms with Crippen LogP contribution in [0, 0.1) is 13.8 Å². The third-order valence-corrected chi connectivity index (χ3v) is 4.11. The Morgan fingerprint density at radius 2 is 1.83 bits per heavy atom. The van der Waals surface area contributed by atoms with Crippen LogP contribution in [0.1, 0.15) is 49.8 Å². The Labute approximate surface area is 145 Å². The predicted molar refractivity (Wildman–Crippen MR) is 99.8 cm³/mol. The van der Waals surface area contributed by atoms with Crippen LogP contribution in [0.3, 0.4) is 0 Å². The first kappa shape index (κ1) is 18.1. The molecule has 1 N–H and O–H groups in total. The van der Waals surface area contributed by atoms with Gasteiger partial charge in [-0.2, -0.15) is 0 Å². The molecule has 0 aromatic heterocycles. The highest BCUT2D eigenvalue weighted by Gasteiger charge is 2.21. The highest BCUT2D eigenvalue weighted by molar-refractivity contribution is 5.95. The van der Waals surface area contributed by atoms with Gasteiger partial charge in [0.15, 0.2) is 6.10 Å². The second-order valence-corrected chi connectivity index (χ2v) is 6.51. The maximum Gasteiger partial charge on any atom is 0.265 e. The fourth-order valence-electron chi connectivity index (χ4n) is 2.72. The molecule has 3 nitrogen and oxygen atoms in total. The Kier molecular flexibility index (Phi) is 6.02. The van der Waals surface area contributed by atoms with E-state index in [-0.39, 0.29) is 5.91 Å². The fraction of sp³-hybridized carbons (Fsp3) is 0.381. The average molecular weight is 325 g/mol. The molecule has 2 rings (SSSR count). The van der Waals surface area contributed by atoms with E-state index in [1.165, 1.54) is 0 Å². The second-order valence-electron chi connectivity index (χ2n) is 6.51. The lowest BCUT2D eigenvalue weighted by molar-refractivity contribution is -0.122. The highest BCUT2D eigenvalue weighted by Crippen LogP contribution is 2.28. The molecule has 1 amide bonds. The number of rotatable bonds is 6. The van der Waals surface area contributed by atoms with E-state index in [0.717, 1.165) is 28.1 Å². The summed E-state index contributed by atoms with van der Waals surface area (Å²) >= 11 is 0. The van der Waals surface area contributed by atoms with Gasteiger partial charge in [0.2, 0.25) is 0 Å². The van der Waals surface area contributed by atoms with Crippen LogP contribution < -0.4 is 10.1 Å². The number of aryl methyl sites for hydroxylation is 2. The van der Waals surface area contributed by atoms with E-state index >= 15 is 0 Å². The molecule has 0 saturated carbocycles. The molecule has 0 fully saturated rings. The van der Waals surface area contributed by atoms with Gasteiger partial charge in [0, 0.05) is 5.69 Å². The van der Waals surface area contributed by atoms with Gasteiger partial charge in [-0.25, -0.2) is 0 Å². The van der Waals surface area contributed by atoms with E-state index in [2.05, 4.69) is 25.2 Å². The fourth-order valence-corrected chi connectivity index (χ4v) is 2.72. The van der Waals surface area contributed by atoms with E-state index < -0.39 is 6.10 Å². The van der Waals surface area contributed by atoms with Gasteiger partial charge in [-0.1, -0.05) is 51.1 Å². The summed E-state index contributed by atoms with van der Waals surface area (Å²) in [7, 11) is 0. The SMILES string of the molecule is CC[C@H](Oc1cccc(C)c1)C(=O)Nc1c(C)cccc1C(C)C. The van der Waals surface area contributed by atoms with Crippen LogP contribution in [0.25, 0.3) is 0 Å². The van der Waals surface area contributed by atoms with Gasteiger partial charge < -0.3 is 10.1 Å². The van der Waals surface area contributed by atoms with E-state index in [1.807, 2.05) is 57.2 Å². The van der Waals surface area contributed by atoms with E-state index in [0.29, 0.717) is 12.3 Å². The van der Waals surface area contributed by atoms with E-state index in [9.17, 15) is 4.79 Å². The molecule has 0 heterocycles. The van der Waals surface area contributed by atoms with Crippen LogP contribution in [0.4, 0.5) is 5.69 Å². The predicted octanol–water partition coefficient (Wildman–Crippen LogP) is 5.22. The van der Waals surface area contributed by atoms with Gasteiger partial charge in [0.1, 0.15) is 5.75 Å². The molecule has 0 spiro atoms. The smallest absolute Gasteiger partial charge is 0.265 e. The molecule has 0 saturated heterocycles. The zero-order valence-electron chi connectivity index (χ0n) is 15.2. The van der Waals surface area contributed by atoms with Crippen molar-refractivity contribution in [3.8, 4) is 5.75 Å². The largest absolute Gasteiger partial charge is 0.481 e. The summed E-state index contributed by atoms with van der Waals surface area (Å²) in [6.07, 6.45) is 0.106. The van der Waals surface area contributed by atoms with Crippen LogP contribution in [0.2, 0.25) is 0 Å². The number of carbonyl (C=O) groups is 1. The Balaban J connectivity index is 2.18. The molecule has 2 aromatic rings. The van der Waals surface area contributed by atoms with Crippen molar-refractivity contribution in [2.45, 2.75) is 53.1 Å². The molecule has 128 valence electrons. The number of anilines is 1. The minimum absolute atomic E-state index is 0.102. The molecule has 3 heteroatoms. The Hall–Kier alpha value is -2.29. The van der Waals surface area contributed by atoms with Crippen LogP contribution in [0.15, 0.2) is 42.5 Å². The summed E-state index contributed by atoms with van der Waals surface area (Å²) < 4.78 is 5.91. The minimum Gasteiger partial charge on any atom is -0.481 e. The maximum absolute atomic E-state index is 12.7. The molecule has 0 radical (unpaired) electrons. The van der Waals surface area contributed by atoms with Crippen molar-refractivity contribution in [2.75, 3.05) is 5.32 Å². The van der Waals surface area contributed by atoms with Crippen LogP contribution in [-0.4, -0.2) is 12.0 Å². The lowest BCUT2D eigenvalue weighted by Crippen LogP contribution is -2.33. The molecule has 0 unspecified atom stereocenters. The molecule has 24 heavy (non-hydrogen) atoms. The Morgan fingerprint density at radius 1 is 1.12 bits per heavy atom. The lowest BCUT2D eigenvalue weighted by Gasteiger charge is -2.21. The van der Waals surface area contributed by atoms with Crippen LogP contribution in [-0.2, 0) is 4.79 Å². The monoisotopic (exact) mass is 325 g/mol. The quantitative estimate of drug-likeness (QED) is 0.790. The number of nitrogens with one attached hydrogen (secondary N) is 1. The number of hydrogen-bond donors (Lipinski definition) is 1. The number of benzene rings is 2. The van der Waals surface area contributed by atoms with Gasteiger partial charge in [-0.3, -0.25) is 4.79 Å². The molecule has 1 atom stereocenters. The molecule has 0 aliphatic rings. The number of amides is 1. The number of para-hydroxylation sites is 1. The standard InChI is InChI=1S/C21H27NO2/c1-6-19(24-17-11-7-9-15(4)13-17)21(23)22-20-16(5)10-8-12-18(20)14(2)3/h7-14,19H,6H2,1-5H3,(H,22,23)/t19-/m0/s1. The first-order chi connectivity index (χ1) is 11.4. The topological polar surface area (TPSA) is 38.3 Å². The molecular weight excluding hydrogens is 298 g/mol. The zero-order chi connectivity index (χ0) is 17.7. The van der Waals surface area contributed by atoms with Crippen molar-refractivity contribution in [3.05, 3.63) is 59.2 Å². The first-order valence-corrected chi connectivity index (χ1v) is 8.56. The average Bonchev–Trinajstić information content (AvgIpc) is 2.54. The van der Waals surface area contributed by atoms with Crippen LogP contribution >= 0.6 is 0 Å². The number of carbonyl (C=O) groups excluding carboxylic acids is 1. The zero-order valence-corrected chi connectivity index (χ0v) is 15.2. The Morgan fingerprint density at radius 3 is 2.46 bits per heavy atom. The normalized spacial score (nSPS) is 12.1. The summed E-state index contributed by atoms with van der Waals surface area (Å²) in [4.78, 5) is 12.7. The molecule has 0 bridgehead atoms. The summed E-state index contributed by atoms with van der Waals surface area (Å²) in [6.45, 7) is 10.2. The first-order valence-electron chi connectivity index (χ1n) is 8.56. The van der Waals surface area contributed by atoms with Crippen molar-refractivity contribution in [1.29, 1.82) is 0 Å².